The third kappa shape index (κ3) is 0.744. The van der Waals surface area contributed by atoms with Gasteiger partial charge < -0.3 is 0 Å². The highest BCUT2D eigenvalue weighted by atomic mass is 32.1. The van der Waals surface area contributed by atoms with E-state index in [0.717, 1.165) is 15.5 Å². The number of pyridine rings is 1. The van der Waals surface area contributed by atoms with Gasteiger partial charge in [-0.1, -0.05) is 5.46 Å². The van der Waals surface area contributed by atoms with E-state index in [1.807, 2.05) is 17.6 Å². The molecule has 1 nitrogen and oxygen atoms in total. The van der Waals surface area contributed by atoms with E-state index >= 15 is 0 Å². The Morgan fingerprint density at radius 2 is 2.40 bits per heavy atom. The number of fused-ring (bicyclic) bond motifs is 1. The van der Waals surface area contributed by atoms with Crippen molar-refractivity contribution in [3.8, 4) is 0 Å². The van der Waals surface area contributed by atoms with Crippen molar-refractivity contribution in [1.82, 2.24) is 4.98 Å². The summed E-state index contributed by atoms with van der Waals surface area (Å²) in [6, 6.07) is 1.93. The van der Waals surface area contributed by atoms with Crippen molar-refractivity contribution in [3.63, 3.8) is 0 Å². The van der Waals surface area contributed by atoms with Crippen LogP contribution in [-0.2, 0) is 0 Å². The van der Waals surface area contributed by atoms with Gasteiger partial charge in [-0.3, -0.25) is 4.98 Å². The third-order valence-corrected chi connectivity index (χ3v) is 2.36. The fourth-order valence-corrected chi connectivity index (χ4v) is 1.72. The van der Waals surface area contributed by atoms with Crippen LogP contribution in [0, 0.1) is 0 Å². The van der Waals surface area contributed by atoms with Gasteiger partial charge in [-0.15, -0.1) is 11.3 Å². The Hall–Kier alpha value is -0.825. The standard InChI is InChI=1S/C7H4BNS/c8-6-4-10-7-3-9-2-1-5(6)7/h1-4H. The first kappa shape index (κ1) is 5.92. The van der Waals surface area contributed by atoms with Gasteiger partial charge in [0.05, 0.1) is 4.70 Å². The predicted molar refractivity (Wildman–Crippen MR) is 45.0 cm³/mol. The molecular formula is C7H4BNS. The summed E-state index contributed by atoms with van der Waals surface area (Å²) in [6.07, 6.45) is 3.59. The van der Waals surface area contributed by atoms with E-state index in [1.54, 1.807) is 17.5 Å². The van der Waals surface area contributed by atoms with Crippen LogP contribution >= 0.6 is 11.3 Å². The molecule has 3 heteroatoms. The number of nitrogens with zero attached hydrogens (tertiary/aromatic N) is 1. The molecule has 0 saturated carbocycles. The summed E-state index contributed by atoms with van der Waals surface area (Å²) in [5.41, 5.74) is 0.849. The van der Waals surface area contributed by atoms with Gasteiger partial charge in [0.2, 0.25) is 0 Å². The van der Waals surface area contributed by atoms with Gasteiger partial charge in [-0.2, -0.15) is 0 Å². The molecule has 0 aliphatic carbocycles. The highest BCUT2D eigenvalue weighted by molar-refractivity contribution is 7.18. The number of aromatic nitrogens is 1. The third-order valence-electron chi connectivity index (χ3n) is 1.41. The second kappa shape index (κ2) is 2.09. The Balaban J connectivity index is 2.93. The first-order valence-electron chi connectivity index (χ1n) is 2.94. The quantitative estimate of drug-likeness (QED) is 0.505. The van der Waals surface area contributed by atoms with E-state index in [4.69, 9.17) is 7.85 Å². The summed E-state index contributed by atoms with van der Waals surface area (Å²) in [4.78, 5) is 3.98. The van der Waals surface area contributed by atoms with E-state index in [1.165, 1.54) is 0 Å². The molecule has 2 rings (SSSR count). The van der Waals surface area contributed by atoms with Gasteiger partial charge in [-0.05, 0) is 16.8 Å². The Morgan fingerprint density at radius 1 is 1.50 bits per heavy atom. The largest absolute Gasteiger partial charge is 0.263 e. The molecule has 0 unspecified atom stereocenters. The Kier molecular flexibility index (Phi) is 1.24. The van der Waals surface area contributed by atoms with E-state index in [9.17, 15) is 0 Å². The minimum absolute atomic E-state index is 0.849. The summed E-state index contributed by atoms with van der Waals surface area (Å²) in [5, 5.41) is 3.05. The maximum atomic E-state index is 5.66. The topological polar surface area (TPSA) is 12.9 Å². The normalized spacial score (nSPS) is 10.4. The SMILES string of the molecule is [B]c1csc2cnccc12. The zero-order valence-corrected chi connectivity index (χ0v) is 6.06. The Bertz CT molecular complexity index is 355. The second-order valence-corrected chi connectivity index (χ2v) is 2.97. The molecule has 10 heavy (non-hydrogen) atoms. The van der Waals surface area contributed by atoms with Crippen LogP contribution in [0.5, 0.6) is 0 Å². The molecule has 0 aliphatic rings. The zero-order valence-electron chi connectivity index (χ0n) is 5.24. The number of thiophene rings is 1. The Morgan fingerprint density at radius 3 is 3.20 bits per heavy atom. The summed E-state index contributed by atoms with van der Waals surface area (Å²) in [5.74, 6) is 0. The predicted octanol–water partition coefficient (Wildman–Crippen LogP) is 1.09. The van der Waals surface area contributed by atoms with Gasteiger partial charge >= 0.3 is 0 Å². The maximum Gasteiger partial charge on any atom is 0.115 e. The molecule has 0 bridgehead atoms. The maximum absolute atomic E-state index is 5.66. The molecule has 0 aromatic carbocycles. The molecule has 0 saturated heterocycles. The van der Waals surface area contributed by atoms with Crippen LogP contribution < -0.4 is 5.46 Å². The van der Waals surface area contributed by atoms with Crippen molar-refractivity contribution in [2.45, 2.75) is 0 Å². The van der Waals surface area contributed by atoms with Gasteiger partial charge in [0.25, 0.3) is 0 Å². The van der Waals surface area contributed by atoms with E-state index < -0.39 is 0 Å². The van der Waals surface area contributed by atoms with Gasteiger partial charge in [0.1, 0.15) is 7.85 Å². The lowest BCUT2D eigenvalue weighted by atomic mass is 9.97. The number of rotatable bonds is 0. The van der Waals surface area contributed by atoms with Crippen molar-refractivity contribution in [1.29, 1.82) is 0 Å². The highest BCUT2D eigenvalue weighted by Gasteiger charge is 1.95. The lowest BCUT2D eigenvalue weighted by molar-refractivity contribution is 1.37. The molecule has 0 fully saturated rings. The van der Waals surface area contributed by atoms with Crippen LogP contribution in [0.3, 0.4) is 0 Å². The van der Waals surface area contributed by atoms with Crippen LogP contribution in [0.1, 0.15) is 0 Å². The van der Waals surface area contributed by atoms with Crippen molar-refractivity contribution in [2.24, 2.45) is 0 Å². The number of hydrogen-bond donors (Lipinski definition) is 0. The zero-order chi connectivity index (χ0) is 6.97. The molecule has 46 valence electrons. The van der Waals surface area contributed by atoms with Gasteiger partial charge in [0, 0.05) is 12.4 Å². The lowest BCUT2D eigenvalue weighted by Crippen LogP contribution is -1.96. The van der Waals surface area contributed by atoms with E-state index in [-0.39, 0.29) is 0 Å². The monoisotopic (exact) mass is 145 g/mol. The molecule has 0 aliphatic heterocycles. The van der Waals surface area contributed by atoms with E-state index in [0.29, 0.717) is 0 Å². The Labute approximate surface area is 64.1 Å². The van der Waals surface area contributed by atoms with Crippen molar-refractivity contribution in [3.05, 3.63) is 23.8 Å². The molecule has 2 aromatic rings. The molecule has 2 heterocycles. The minimum atomic E-state index is 0.849. The van der Waals surface area contributed by atoms with Crippen molar-refractivity contribution < 1.29 is 0 Å². The average molecular weight is 145 g/mol. The summed E-state index contributed by atoms with van der Waals surface area (Å²) < 4.78 is 1.15. The fourth-order valence-electron chi connectivity index (χ4n) is 0.903. The first-order valence-corrected chi connectivity index (χ1v) is 3.82. The van der Waals surface area contributed by atoms with Crippen LogP contribution in [0.25, 0.3) is 10.1 Å². The fraction of sp³-hybridized carbons (Fsp3) is 0. The van der Waals surface area contributed by atoms with Crippen LogP contribution in [-0.4, -0.2) is 12.8 Å². The molecule has 0 amide bonds. The van der Waals surface area contributed by atoms with Crippen molar-refractivity contribution in [2.75, 3.05) is 0 Å². The average Bonchev–Trinajstić information content (AvgIpc) is 2.34. The van der Waals surface area contributed by atoms with E-state index in [2.05, 4.69) is 4.98 Å². The summed E-state index contributed by atoms with van der Waals surface area (Å²) in [6.45, 7) is 0. The van der Waals surface area contributed by atoms with Crippen LogP contribution in [0.15, 0.2) is 23.8 Å². The lowest BCUT2D eigenvalue weighted by Gasteiger charge is -1.86. The van der Waals surface area contributed by atoms with Crippen LogP contribution in [0.2, 0.25) is 0 Å². The highest BCUT2D eigenvalue weighted by Crippen LogP contribution is 2.15. The second-order valence-electron chi connectivity index (χ2n) is 2.06. The molecule has 2 aromatic heterocycles. The van der Waals surface area contributed by atoms with Crippen LogP contribution in [0.4, 0.5) is 0 Å². The molecule has 0 atom stereocenters. The smallest absolute Gasteiger partial charge is 0.115 e. The van der Waals surface area contributed by atoms with Gasteiger partial charge in [0.15, 0.2) is 0 Å². The summed E-state index contributed by atoms with van der Waals surface area (Å²) in [7, 11) is 5.66. The molecular weight excluding hydrogens is 141 g/mol. The minimum Gasteiger partial charge on any atom is -0.263 e. The van der Waals surface area contributed by atoms with Crippen molar-refractivity contribution >= 4 is 34.7 Å². The number of hydrogen-bond acceptors (Lipinski definition) is 2. The molecule has 2 radical (unpaired) electrons. The molecule has 0 spiro atoms. The van der Waals surface area contributed by atoms with Gasteiger partial charge in [-0.25, -0.2) is 0 Å². The molecule has 0 N–H and O–H groups in total. The first-order chi connectivity index (χ1) is 4.88. The summed E-state index contributed by atoms with van der Waals surface area (Å²) >= 11 is 1.63.